The van der Waals surface area contributed by atoms with E-state index in [2.05, 4.69) is 10.3 Å². The van der Waals surface area contributed by atoms with Crippen LogP contribution < -0.4 is 5.32 Å². The van der Waals surface area contributed by atoms with E-state index in [1.165, 1.54) is 0 Å². The molecule has 0 saturated carbocycles. The maximum Gasteiger partial charge on any atom is 0.318 e. The highest BCUT2D eigenvalue weighted by atomic mass is 16.5. The molecule has 0 spiro atoms. The third kappa shape index (κ3) is 4.00. The monoisotopic (exact) mass is 391 g/mol. The molecular formula is C22H25N5O2. The van der Waals surface area contributed by atoms with Gasteiger partial charge in [-0.3, -0.25) is 4.98 Å². The Balaban J connectivity index is 1.58. The van der Waals surface area contributed by atoms with E-state index in [0.29, 0.717) is 26.3 Å². The Morgan fingerprint density at radius 3 is 2.79 bits per heavy atom. The summed E-state index contributed by atoms with van der Waals surface area (Å²) in [6.07, 6.45) is 3.48. The van der Waals surface area contributed by atoms with E-state index in [1.807, 2.05) is 65.9 Å². The topological polar surface area (TPSA) is 72.3 Å². The van der Waals surface area contributed by atoms with E-state index < -0.39 is 0 Å². The predicted octanol–water partition coefficient (Wildman–Crippen LogP) is 3.17. The first-order valence-corrected chi connectivity index (χ1v) is 9.78. The molecule has 1 aliphatic heterocycles. The van der Waals surface area contributed by atoms with Gasteiger partial charge in [-0.25, -0.2) is 9.48 Å². The van der Waals surface area contributed by atoms with E-state index in [0.717, 1.165) is 28.2 Å². The number of amides is 2. The number of para-hydroxylation sites is 1. The lowest BCUT2D eigenvalue weighted by atomic mass is 10.0. The number of carbonyl (C=O) groups excluding carboxylic acids is 1. The number of nitrogens with zero attached hydrogens (tertiary/aromatic N) is 4. The van der Waals surface area contributed by atoms with Gasteiger partial charge in [-0.05, 0) is 37.6 Å². The summed E-state index contributed by atoms with van der Waals surface area (Å²) in [5.74, 6) is 0. The van der Waals surface area contributed by atoms with E-state index >= 15 is 0 Å². The second kappa shape index (κ2) is 8.45. The minimum absolute atomic E-state index is 0.103. The minimum atomic E-state index is -0.171. The number of aryl methyl sites for hydroxylation is 1. The Kier molecular flexibility index (Phi) is 5.57. The van der Waals surface area contributed by atoms with Crippen LogP contribution in [0.25, 0.3) is 5.69 Å². The van der Waals surface area contributed by atoms with Gasteiger partial charge in [0.1, 0.15) is 0 Å². The van der Waals surface area contributed by atoms with Crippen molar-refractivity contribution in [2.24, 2.45) is 0 Å². The summed E-state index contributed by atoms with van der Waals surface area (Å²) in [7, 11) is 0. The number of benzene rings is 1. The molecule has 7 nitrogen and oxygen atoms in total. The molecule has 1 N–H and O–H groups in total. The van der Waals surface area contributed by atoms with Crippen molar-refractivity contribution in [2.75, 3.05) is 19.8 Å². The summed E-state index contributed by atoms with van der Waals surface area (Å²) < 4.78 is 7.67. The van der Waals surface area contributed by atoms with Crippen LogP contribution in [-0.4, -0.2) is 45.5 Å². The van der Waals surface area contributed by atoms with E-state index in [-0.39, 0.29) is 12.1 Å². The van der Waals surface area contributed by atoms with Crippen LogP contribution in [-0.2, 0) is 11.3 Å². The van der Waals surface area contributed by atoms with Gasteiger partial charge in [0.25, 0.3) is 0 Å². The first kappa shape index (κ1) is 19.1. The zero-order valence-electron chi connectivity index (χ0n) is 16.7. The fourth-order valence-electron chi connectivity index (χ4n) is 3.83. The maximum absolute atomic E-state index is 13.0. The van der Waals surface area contributed by atoms with Crippen LogP contribution in [0.3, 0.4) is 0 Å². The number of ether oxygens (including phenoxy) is 1. The number of hydrogen-bond donors (Lipinski definition) is 1. The van der Waals surface area contributed by atoms with Gasteiger partial charge >= 0.3 is 6.03 Å². The van der Waals surface area contributed by atoms with Crippen molar-refractivity contribution in [3.05, 3.63) is 77.4 Å². The van der Waals surface area contributed by atoms with Crippen molar-refractivity contribution in [1.82, 2.24) is 25.0 Å². The van der Waals surface area contributed by atoms with Crippen LogP contribution in [0.4, 0.5) is 4.79 Å². The third-order valence-corrected chi connectivity index (χ3v) is 5.24. The average molecular weight is 391 g/mol. The molecule has 1 saturated heterocycles. The molecule has 2 amide bonds. The number of rotatable bonds is 4. The lowest BCUT2D eigenvalue weighted by molar-refractivity contribution is 0.0111. The van der Waals surface area contributed by atoms with Gasteiger partial charge in [0, 0.05) is 36.7 Å². The van der Waals surface area contributed by atoms with E-state index in [4.69, 9.17) is 9.84 Å². The molecule has 0 radical (unpaired) electrons. The number of hydrogen-bond acceptors (Lipinski definition) is 4. The zero-order valence-corrected chi connectivity index (χ0v) is 16.7. The normalized spacial score (nSPS) is 16.6. The molecule has 29 heavy (non-hydrogen) atoms. The molecule has 0 bridgehead atoms. The van der Waals surface area contributed by atoms with Gasteiger partial charge in [-0.2, -0.15) is 5.10 Å². The van der Waals surface area contributed by atoms with Gasteiger partial charge in [-0.15, -0.1) is 0 Å². The standard InChI is InChI=1S/C22H25N5O2/c1-16-21(17(2)27(25-16)19-8-4-3-5-9-19)20-15-29-12-11-26(20)22(28)24-14-18-7-6-10-23-13-18/h3-10,13,20H,11-12,14-15H2,1-2H3,(H,24,28). The number of pyridine rings is 1. The first-order valence-electron chi connectivity index (χ1n) is 9.78. The van der Waals surface area contributed by atoms with Crippen molar-refractivity contribution in [3.63, 3.8) is 0 Å². The van der Waals surface area contributed by atoms with Gasteiger partial charge in [0.05, 0.1) is 30.6 Å². The highest BCUT2D eigenvalue weighted by Crippen LogP contribution is 2.30. The van der Waals surface area contributed by atoms with Crippen LogP contribution in [0.2, 0.25) is 0 Å². The van der Waals surface area contributed by atoms with E-state index in [9.17, 15) is 4.79 Å². The van der Waals surface area contributed by atoms with Crippen LogP contribution in [0, 0.1) is 13.8 Å². The van der Waals surface area contributed by atoms with Crippen LogP contribution >= 0.6 is 0 Å². The van der Waals surface area contributed by atoms with Gasteiger partial charge in [0.2, 0.25) is 0 Å². The third-order valence-electron chi connectivity index (χ3n) is 5.24. The van der Waals surface area contributed by atoms with Gasteiger partial charge < -0.3 is 15.0 Å². The lowest BCUT2D eigenvalue weighted by Gasteiger charge is -2.36. The number of morpholine rings is 1. The fraction of sp³-hybridized carbons (Fsp3) is 0.318. The smallest absolute Gasteiger partial charge is 0.318 e. The van der Waals surface area contributed by atoms with Crippen LogP contribution in [0.15, 0.2) is 54.9 Å². The van der Waals surface area contributed by atoms with Crippen molar-refractivity contribution in [1.29, 1.82) is 0 Å². The first-order chi connectivity index (χ1) is 14.1. The summed E-state index contributed by atoms with van der Waals surface area (Å²) in [6, 6.07) is 13.6. The summed E-state index contributed by atoms with van der Waals surface area (Å²) in [5, 5.41) is 7.75. The fourth-order valence-corrected chi connectivity index (χ4v) is 3.83. The molecule has 150 valence electrons. The SMILES string of the molecule is Cc1nn(-c2ccccc2)c(C)c1C1COCCN1C(=O)NCc1cccnc1. The van der Waals surface area contributed by atoms with Crippen LogP contribution in [0.5, 0.6) is 0 Å². The molecule has 0 aliphatic carbocycles. The quantitative estimate of drug-likeness (QED) is 0.742. The summed E-state index contributed by atoms with van der Waals surface area (Å²) in [5.41, 5.74) is 4.95. The number of nitrogens with one attached hydrogen (secondary N) is 1. The highest BCUT2D eigenvalue weighted by Gasteiger charge is 2.32. The zero-order chi connectivity index (χ0) is 20.2. The number of aromatic nitrogens is 3. The Morgan fingerprint density at radius 2 is 2.03 bits per heavy atom. The molecule has 4 rings (SSSR count). The van der Waals surface area contributed by atoms with Crippen LogP contribution in [0.1, 0.15) is 28.6 Å². The highest BCUT2D eigenvalue weighted by molar-refractivity contribution is 5.75. The second-order valence-electron chi connectivity index (χ2n) is 7.14. The number of carbonyl (C=O) groups is 1. The molecular weight excluding hydrogens is 366 g/mol. The van der Waals surface area contributed by atoms with E-state index in [1.54, 1.807) is 12.4 Å². The Labute approximate surface area is 170 Å². The molecule has 2 aromatic heterocycles. The summed E-state index contributed by atoms with van der Waals surface area (Å²) >= 11 is 0. The molecule has 3 heterocycles. The minimum Gasteiger partial charge on any atom is -0.377 e. The molecule has 7 heteroatoms. The van der Waals surface area contributed by atoms with Gasteiger partial charge in [-0.1, -0.05) is 24.3 Å². The molecule has 3 aromatic rings. The maximum atomic E-state index is 13.0. The molecule has 1 atom stereocenters. The number of urea groups is 1. The Hall–Kier alpha value is -3.19. The van der Waals surface area contributed by atoms with Crippen molar-refractivity contribution in [2.45, 2.75) is 26.4 Å². The molecule has 1 fully saturated rings. The lowest BCUT2D eigenvalue weighted by Crippen LogP contribution is -2.48. The molecule has 1 aromatic carbocycles. The Morgan fingerprint density at radius 1 is 1.21 bits per heavy atom. The van der Waals surface area contributed by atoms with Gasteiger partial charge in [0.15, 0.2) is 0 Å². The van der Waals surface area contributed by atoms with Crippen molar-refractivity contribution < 1.29 is 9.53 Å². The largest absolute Gasteiger partial charge is 0.377 e. The van der Waals surface area contributed by atoms with Crippen molar-refractivity contribution in [3.8, 4) is 5.69 Å². The molecule has 1 aliphatic rings. The van der Waals surface area contributed by atoms with Crippen molar-refractivity contribution >= 4 is 6.03 Å². The molecule has 1 unspecified atom stereocenters. The summed E-state index contributed by atoms with van der Waals surface area (Å²) in [4.78, 5) is 18.9. The Bertz CT molecular complexity index is 972. The predicted molar refractivity (Wildman–Crippen MR) is 110 cm³/mol. The second-order valence-corrected chi connectivity index (χ2v) is 7.14. The average Bonchev–Trinajstić information content (AvgIpc) is 3.07. The summed E-state index contributed by atoms with van der Waals surface area (Å²) in [6.45, 7) is 6.01.